The van der Waals surface area contributed by atoms with Crippen LogP contribution in [0.2, 0.25) is 0 Å². The quantitative estimate of drug-likeness (QED) is 0.234. The van der Waals surface area contributed by atoms with Gasteiger partial charge in [0.15, 0.2) is 0 Å². The number of hydroxylamine groups is 1. The predicted octanol–water partition coefficient (Wildman–Crippen LogP) is 1.77. The van der Waals surface area contributed by atoms with Crippen molar-refractivity contribution in [1.29, 1.82) is 0 Å². The highest BCUT2D eigenvalue weighted by atomic mass is 32.2. The predicted molar refractivity (Wildman–Crippen MR) is 92.3 cm³/mol. The summed E-state index contributed by atoms with van der Waals surface area (Å²) in [4.78, 5) is 9.80. The first-order valence-corrected chi connectivity index (χ1v) is 9.35. The number of nitrogens with zero attached hydrogens (tertiary/aromatic N) is 4. The summed E-state index contributed by atoms with van der Waals surface area (Å²) in [6.07, 6.45) is 2.81. The summed E-state index contributed by atoms with van der Waals surface area (Å²) >= 11 is 0. The topological polar surface area (TPSA) is 117 Å². The Morgan fingerprint density at radius 1 is 1.40 bits per heavy atom. The van der Waals surface area contributed by atoms with Crippen molar-refractivity contribution in [3.63, 3.8) is 0 Å². The second-order valence-electron chi connectivity index (χ2n) is 5.88. The maximum absolute atomic E-state index is 11.4. The van der Waals surface area contributed by atoms with Gasteiger partial charge in [-0.3, -0.25) is 14.5 Å². The van der Waals surface area contributed by atoms with Gasteiger partial charge in [0.05, 0.1) is 31.1 Å². The lowest BCUT2D eigenvalue weighted by Crippen LogP contribution is -2.41. The van der Waals surface area contributed by atoms with Crippen molar-refractivity contribution in [2.24, 2.45) is 10.5 Å². The van der Waals surface area contributed by atoms with Crippen molar-refractivity contribution in [3.05, 3.63) is 58.2 Å². The van der Waals surface area contributed by atoms with Crippen LogP contribution in [0.4, 0.5) is 0 Å². The second-order valence-corrected chi connectivity index (χ2v) is 7.52. The molecule has 0 bridgehead atoms. The van der Waals surface area contributed by atoms with Gasteiger partial charge in [-0.25, -0.2) is 0 Å². The third-order valence-electron chi connectivity index (χ3n) is 3.82. The van der Waals surface area contributed by atoms with Gasteiger partial charge in [0.1, 0.15) is 0 Å². The lowest BCUT2D eigenvalue weighted by molar-refractivity contribution is 0.0808. The van der Waals surface area contributed by atoms with Crippen LogP contribution in [0, 0.1) is 5.41 Å². The molecule has 0 aliphatic carbocycles. The van der Waals surface area contributed by atoms with E-state index in [1.54, 1.807) is 0 Å². The van der Waals surface area contributed by atoms with E-state index in [9.17, 15) is 8.42 Å². The zero-order chi connectivity index (χ0) is 18.3. The van der Waals surface area contributed by atoms with Crippen LogP contribution in [0.1, 0.15) is 5.56 Å². The summed E-state index contributed by atoms with van der Waals surface area (Å²) in [6, 6.07) is 9.83. The molecular weight excluding hydrogens is 346 g/mol. The van der Waals surface area contributed by atoms with Crippen LogP contribution >= 0.6 is 0 Å². The average molecular weight is 367 g/mol. The van der Waals surface area contributed by atoms with Crippen molar-refractivity contribution in [1.82, 2.24) is 10.4 Å². The summed E-state index contributed by atoms with van der Waals surface area (Å²) in [5.41, 5.74) is 12.3. The molecule has 1 aromatic carbocycles. The fraction of sp³-hybridized carbons (Fsp3) is 0.467. The standard InChI is InChI=1S/C15H21N5O4S/c1-23-18-14-9-20(8-13-6-4-3-5-7-13)11-15(14,10-17-19-16)12-24-25(2,21)22/h3-7,9,18H,8,10-12H2,1-2H3. The molecule has 2 rings (SSSR count). The van der Waals surface area contributed by atoms with Crippen molar-refractivity contribution < 1.29 is 17.4 Å². The third kappa shape index (κ3) is 5.36. The maximum atomic E-state index is 11.4. The van der Waals surface area contributed by atoms with E-state index in [1.807, 2.05) is 41.4 Å². The van der Waals surface area contributed by atoms with E-state index >= 15 is 0 Å². The molecule has 0 amide bonds. The Balaban J connectivity index is 2.25. The van der Waals surface area contributed by atoms with Crippen LogP contribution < -0.4 is 5.48 Å². The fourth-order valence-electron chi connectivity index (χ4n) is 2.69. The molecule has 0 spiro atoms. The molecule has 0 saturated heterocycles. The molecule has 0 saturated carbocycles. The third-order valence-corrected chi connectivity index (χ3v) is 4.36. The molecular formula is C15H21N5O4S. The number of azide groups is 1. The fourth-order valence-corrected chi connectivity index (χ4v) is 3.13. The zero-order valence-corrected chi connectivity index (χ0v) is 14.9. The largest absolute Gasteiger partial charge is 0.371 e. The van der Waals surface area contributed by atoms with Gasteiger partial charge in [0, 0.05) is 30.7 Å². The van der Waals surface area contributed by atoms with Crippen molar-refractivity contribution in [3.8, 4) is 0 Å². The first-order chi connectivity index (χ1) is 11.9. The van der Waals surface area contributed by atoms with Crippen LogP contribution in [0.25, 0.3) is 10.4 Å². The highest BCUT2D eigenvalue weighted by Crippen LogP contribution is 2.35. The van der Waals surface area contributed by atoms with Gasteiger partial charge in [0.25, 0.3) is 10.1 Å². The summed E-state index contributed by atoms with van der Waals surface area (Å²) in [7, 11) is -2.18. The molecule has 0 aromatic heterocycles. The van der Waals surface area contributed by atoms with Crippen LogP contribution in [-0.4, -0.2) is 46.4 Å². The number of benzene rings is 1. The molecule has 1 aliphatic heterocycles. The molecule has 1 unspecified atom stereocenters. The number of hydrogen-bond acceptors (Lipinski definition) is 7. The molecule has 1 atom stereocenters. The van der Waals surface area contributed by atoms with Crippen molar-refractivity contribution >= 4 is 10.1 Å². The van der Waals surface area contributed by atoms with Gasteiger partial charge in [-0.1, -0.05) is 35.4 Å². The van der Waals surface area contributed by atoms with Gasteiger partial charge < -0.3 is 4.90 Å². The minimum Gasteiger partial charge on any atom is -0.371 e. The van der Waals surface area contributed by atoms with Gasteiger partial charge in [0.2, 0.25) is 0 Å². The summed E-state index contributed by atoms with van der Waals surface area (Å²) in [6.45, 7) is 0.916. The highest BCUT2D eigenvalue weighted by molar-refractivity contribution is 7.85. The van der Waals surface area contributed by atoms with E-state index in [4.69, 9.17) is 14.6 Å². The Labute approximate surface area is 146 Å². The van der Waals surface area contributed by atoms with Gasteiger partial charge in [-0.2, -0.15) is 8.42 Å². The van der Waals surface area contributed by atoms with E-state index in [0.717, 1.165) is 11.8 Å². The second kappa shape index (κ2) is 8.21. The molecule has 9 nitrogen and oxygen atoms in total. The SMILES string of the molecule is CONC1=CN(Cc2ccccc2)CC1(CN=[N+]=[N-])COS(C)(=O)=O. The molecule has 10 heteroatoms. The molecule has 0 radical (unpaired) electrons. The van der Waals surface area contributed by atoms with Crippen LogP contribution in [0.15, 0.2) is 47.3 Å². The number of hydrogen-bond donors (Lipinski definition) is 1. The Bertz CT molecular complexity index is 761. The summed E-state index contributed by atoms with van der Waals surface area (Å²) < 4.78 is 27.9. The van der Waals surface area contributed by atoms with E-state index in [2.05, 4.69) is 15.5 Å². The normalized spacial score (nSPS) is 20.1. The summed E-state index contributed by atoms with van der Waals surface area (Å²) in [5.74, 6) is 0. The minimum absolute atomic E-state index is 0.0342. The van der Waals surface area contributed by atoms with Gasteiger partial charge in [-0.05, 0) is 11.1 Å². The first-order valence-electron chi connectivity index (χ1n) is 7.53. The smallest absolute Gasteiger partial charge is 0.264 e. The Morgan fingerprint density at radius 3 is 2.72 bits per heavy atom. The summed E-state index contributed by atoms with van der Waals surface area (Å²) in [5, 5.41) is 3.64. The minimum atomic E-state index is -3.64. The average Bonchev–Trinajstić information content (AvgIpc) is 2.90. The van der Waals surface area contributed by atoms with Crippen molar-refractivity contribution in [2.75, 3.05) is 33.1 Å². The monoisotopic (exact) mass is 367 g/mol. The Hall–Kier alpha value is -2.26. The van der Waals surface area contributed by atoms with E-state index < -0.39 is 15.5 Å². The highest BCUT2D eigenvalue weighted by Gasteiger charge is 2.42. The molecule has 0 fully saturated rings. The molecule has 1 N–H and O–H groups in total. The van der Waals surface area contributed by atoms with Crippen LogP contribution in [0.5, 0.6) is 0 Å². The number of rotatable bonds is 9. The van der Waals surface area contributed by atoms with Gasteiger partial charge in [-0.15, -0.1) is 0 Å². The van der Waals surface area contributed by atoms with E-state index in [-0.39, 0.29) is 13.2 Å². The molecule has 1 heterocycles. The molecule has 136 valence electrons. The van der Waals surface area contributed by atoms with E-state index in [0.29, 0.717) is 18.8 Å². The van der Waals surface area contributed by atoms with Crippen LogP contribution in [0.3, 0.4) is 0 Å². The van der Waals surface area contributed by atoms with Crippen molar-refractivity contribution in [2.45, 2.75) is 6.54 Å². The number of nitrogens with one attached hydrogen (secondary N) is 1. The molecule has 1 aromatic rings. The maximum Gasteiger partial charge on any atom is 0.264 e. The Kier molecular flexibility index (Phi) is 6.27. The lowest BCUT2D eigenvalue weighted by atomic mass is 9.87. The first kappa shape index (κ1) is 19.1. The lowest BCUT2D eigenvalue weighted by Gasteiger charge is -2.30. The van der Waals surface area contributed by atoms with E-state index in [1.165, 1.54) is 7.11 Å². The molecule has 1 aliphatic rings. The van der Waals surface area contributed by atoms with Gasteiger partial charge >= 0.3 is 0 Å². The zero-order valence-electron chi connectivity index (χ0n) is 14.1. The van der Waals surface area contributed by atoms with Crippen LogP contribution in [-0.2, 0) is 25.7 Å². The molecule has 25 heavy (non-hydrogen) atoms. The Morgan fingerprint density at radius 2 is 2.12 bits per heavy atom.